The van der Waals surface area contributed by atoms with Gasteiger partial charge in [0.25, 0.3) is 0 Å². The van der Waals surface area contributed by atoms with Gasteiger partial charge in [-0.1, -0.05) is 6.07 Å². The first-order valence-electron chi connectivity index (χ1n) is 4.19. The number of rotatable bonds is 1. The van der Waals surface area contributed by atoms with Crippen LogP contribution in [-0.2, 0) is 0 Å². The molecule has 0 radical (unpaired) electrons. The second kappa shape index (κ2) is 3.05. The Balaban J connectivity index is 2.72. The highest BCUT2D eigenvalue weighted by Crippen LogP contribution is 2.21. The molecule has 1 aromatic carbocycles. The fourth-order valence-electron chi connectivity index (χ4n) is 1.43. The molecule has 13 heavy (non-hydrogen) atoms. The third kappa shape index (κ3) is 1.35. The molecule has 2 heteroatoms. The number of hydrogen-bond acceptors (Lipinski definition) is 2. The van der Waals surface area contributed by atoms with Crippen molar-refractivity contribution in [2.24, 2.45) is 0 Å². The van der Waals surface area contributed by atoms with Gasteiger partial charge >= 0.3 is 0 Å². The molecule has 0 aliphatic carbocycles. The second-order valence-corrected chi connectivity index (χ2v) is 3.04. The summed E-state index contributed by atoms with van der Waals surface area (Å²) in [6.45, 7) is 2.06. The number of aromatic nitrogens is 1. The zero-order valence-electron chi connectivity index (χ0n) is 7.74. The number of aryl methyl sites for hydroxylation is 1. The summed E-state index contributed by atoms with van der Waals surface area (Å²) in [5, 5.41) is 2.36. The van der Waals surface area contributed by atoms with Crippen molar-refractivity contribution in [2.75, 3.05) is 7.11 Å². The van der Waals surface area contributed by atoms with E-state index in [1.165, 1.54) is 10.9 Å². The van der Waals surface area contributed by atoms with E-state index in [9.17, 15) is 0 Å². The first kappa shape index (κ1) is 8.05. The van der Waals surface area contributed by atoms with E-state index in [0.717, 1.165) is 11.1 Å². The summed E-state index contributed by atoms with van der Waals surface area (Å²) in [6.07, 6.45) is 3.72. The van der Waals surface area contributed by atoms with Crippen molar-refractivity contribution < 1.29 is 4.74 Å². The lowest BCUT2D eigenvalue weighted by Gasteiger charge is -2.03. The first-order chi connectivity index (χ1) is 6.31. The van der Waals surface area contributed by atoms with Gasteiger partial charge in [-0.05, 0) is 30.0 Å². The highest BCUT2D eigenvalue weighted by atomic mass is 16.5. The predicted molar refractivity (Wildman–Crippen MR) is 53.0 cm³/mol. The molecular formula is C11H11NO. The summed E-state index contributed by atoms with van der Waals surface area (Å²) in [5.41, 5.74) is 1.19. The van der Waals surface area contributed by atoms with Crippen LogP contribution < -0.4 is 4.74 Å². The van der Waals surface area contributed by atoms with E-state index < -0.39 is 0 Å². The number of hydrogen-bond donors (Lipinski definition) is 0. The zero-order chi connectivity index (χ0) is 9.26. The summed E-state index contributed by atoms with van der Waals surface area (Å²) >= 11 is 0. The van der Waals surface area contributed by atoms with Crippen LogP contribution in [0.5, 0.6) is 5.75 Å². The van der Waals surface area contributed by atoms with E-state index in [1.54, 1.807) is 7.11 Å². The highest BCUT2D eigenvalue weighted by molar-refractivity contribution is 5.85. The molecule has 2 rings (SSSR count). The quantitative estimate of drug-likeness (QED) is 0.661. The topological polar surface area (TPSA) is 22.1 Å². The highest BCUT2D eigenvalue weighted by Gasteiger charge is 1.98. The van der Waals surface area contributed by atoms with Gasteiger partial charge in [0.1, 0.15) is 5.75 Å². The van der Waals surface area contributed by atoms with Gasteiger partial charge in [0, 0.05) is 17.8 Å². The van der Waals surface area contributed by atoms with E-state index in [4.69, 9.17) is 4.74 Å². The molecule has 0 atom stereocenters. The van der Waals surface area contributed by atoms with Gasteiger partial charge in [-0.25, -0.2) is 0 Å². The Morgan fingerprint density at radius 3 is 2.85 bits per heavy atom. The molecule has 2 aromatic rings. The second-order valence-electron chi connectivity index (χ2n) is 3.04. The van der Waals surface area contributed by atoms with Gasteiger partial charge in [0.05, 0.1) is 7.11 Å². The summed E-state index contributed by atoms with van der Waals surface area (Å²) in [6, 6.07) is 6.02. The molecule has 0 saturated carbocycles. The van der Waals surface area contributed by atoms with Crippen molar-refractivity contribution in [1.82, 2.24) is 4.98 Å². The van der Waals surface area contributed by atoms with Crippen LogP contribution >= 0.6 is 0 Å². The molecule has 66 valence electrons. The lowest BCUT2D eigenvalue weighted by Crippen LogP contribution is -1.84. The molecule has 0 unspecified atom stereocenters. The molecule has 1 heterocycles. The monoisotopic (exact) mass is 173 g/mol. The lowest BCUT2D eigenvalue weighted by atomic mass is 10.1. The lowest BCUT2D eigenvalue weighted by molar-refractivity contribution is 0.415. The molecule has 1 aromatic heterocycles. The Morgan fingerprint density at radius 2 is 2.08 bits per heavy atom. The van der Waals surface area contributed by atoms with Crippen LogP contribution in [0.1, 0.15) is 5.56 Å². The van der Waals surface area contributed by atoms with Crippen LogP contribution in [0.25, 0.3) is 10.8 Å². The Bertz CT molecular complexity index is 437. The fourth-order valence-corrected chi connectivity index (χ4v) is 1.43. The maximum Gasteiger partial charge on any atom is 0.119 e. The number of pyridine rings is 1. The number of benzene rings is 1. The SMILES string of the molecule is COc1ccc2c(C)cncc2c1. The molecule has 0 fully saturated rings. The minimum absolute atomic E-state index is 0.875. The number of nitrogens with zero attached hydrogens (tertiary/aromatic N) is 1. The number of ether oxygens (including phenoxy) is 1. The normalized spacial score (nSPS) is 10.3. The van der Waals surface area contributed by atoms with E-state index in [-0.39, 0.29) is 0 Å². The largest absolute Gasteiger partial charge is 0.497 e. The molecular weight excluding hydrogens is 162 g/mol. The average Bonchev–Trinajstić information content (AvgIpc) is 2.18. The fraction of sp³-hybridized carbons (Fsp3) is 0.182. The van der Waals surface area contributed by atoms with Gasteiger partial charge in [0.2, 0.25) is 0 Å². The summed E-state index contributed by atoms with van der Waals surface area (Å²) < 4.78 is 5.13. The van der Waals surface area contributed by atoms with Crippen molar-refractivity contribution in [3.05, 3.63) is 36.2 Å². The summed E-state index contributed by atoms with van der Waals surface area (Å²) in [7, 11) is 1.67. The predicted octanol–water partition coefficient (Wildman–Crippen LogP) is 2.55. The van der Waals surface area contributed by atoms with E-state index >= 15 is 0 Å². The van der Waals surface area contributed by atoms with Crippen molar-refractivity contribution in [1.29, 1.82) is 0 Å². The van der Waals surface area contributed by atoms with Gasteiger partial charge in [-0.15, -0.1) is 0 Å². The van der Waals surface area contributed by atoms with Gasteiger partial charge in [-0.2, -0.15) is 0 Å². The van der Waals surface area contributed by atoms with Gasteiger partial charge in [-0.3, -0.25) is 4.98 Å². The maximum atomic E-state index is 5.13. The van der Waals surface area contributed by atoms with Gasteiger partial charge < -0.3 is 4.74 Å². The molecule has 0 aliphatic rings. The van der Waals surface area contributed by atoms with Crippen LogP contribution in [0.2, 0.25) is 0 Å². The summed E-state index contributed by atoms with van der Waals surface area (Å²) in [4.78, 5) is 4.13. The minimum Gasteiger partial charge on any atom is -0.497 e. The van der Waals surface area contributed by atoms with E-state index in [1.807, 2.05) is 24.5 Å². The Hall–Kier alpha value is -1.57. The standard InChI is InChI=1S/C11H11NO/c1-8-6-12-7-9-5-10(13-2)3-4-11(8)9/h3-7H,1-2H3. The molecule has 0 bridgehead atoms. The van der Waals surface area contributed by atoms with Crippen molar-refractivity contribution in [3.63, 3.8) is 0 Å². The van der Waals surface area contributed by atoms with Crippen LogP contribution in [0.4, 0.5) is 0 Å². The zero-order valence-corrected chi connectivity index (χ0v) is 7.74. The van der Waals surface area contributed by atoms with Crippen LogP contribution in [0.3, 0.4) is 0 Å². The minimum atomic E-state index is 0.875. The Morgan fingerprint density at radius 1 is 1.23 bits per heavy atom. The maximum absolute atomic E-state index is 5.13. The molecule has 0 saturated heterocycles. The van der Waals surface area contributed by atoms with Crippen molar-refractivity contribution in [3.8, 4) is 5.75 Å². The Labute approximate surface area is 77.2 Å². The first-order valence-corrected chi connectivity index (χ1v) is 4.19. The van der Waals surface area contributed by atoms with E-state index in [2.05, 4.69) is 18.0 Å². The van der Waals surface area contributed by atoms with Gasteiger partial charge in [0.15, 0.2) is 0 Å². The molecule has 2 nitrogen and oxygen atoms in total. The number of methoxy groups -OCH3 is 1. The van der Waals surface area contributed by atoms with Crippen LogP contribution in [0, 0.1) is 6.92 Å². The third-order valence-electron chi connectivity index (χ3n) is 2.17. The third-order valence-corrected chi connectivity index (χ3v) is 2.17. The average molecular weight is 173 g/mol. The molecule has 0 aliphatic heterocycles. The molecule has 0 N–H and O–H groups in total. The van der Waals surface area contributed by atoms with Crippen molar-refractivity contribution in [2.45, 2.75) is 6.92 Å². The smallest absolute Gasteiger partial charge is 0.119 e. The molecule has 0 spiro atoms. The Kier molecular flexibility index (Phi) is 1.89. The van der Waals surface area contributed by atoms with Crippen LogP contribution in [0.15, 0.2) is 30.6 Å². The number of fused-ring (bicyclic) bond motifs is 1. The van der Waals surface area contributed by atoms with Crippen LogP contribution in [-0.4, -0.2) is 12.1 Å². The van der Waals surface area contributed by atoms with E-state index in [0.29, 0.717) is 0 Å². The van der Waals surface area contributed by atoms with Crippen molar-refractivity contribution >= 4 is 10.8 Å². The summed E-state index contributed by atoms with van der Waals surface area (Å²) in [5.74, 6) is 0.875. The molecule has 0 amide bonds.